The lowest BCUT2D eigenvalue weighted by atomic mass is 9.94. The van der Waals surface area contributed by atoms with Gasteiger partial charge in [0.2, 0.25) is 0 Å². The van der Waals surface area contributed by atoms with Gasteiger partial charge in [0, 0.05) is 6.54 Å². The first-order chi connectivity index (χ1) is 10.8. The minimum Gasteiger partial charge on any atom is -0.508 e. The van der Waals surface area contributed by atoms with Crippen molar-refractivity contribution in [3.8, 4) is 5.75 Å². The zero-order valence-corrected chi connectivity index (χ0v) is 12.3. The molecular weight excluding hydrogens is 274 g/mol. The second-order valence-electron chi connectivity index (χ2n) is 5.82. The molecule has 0 saturated carbocycles. The molecule has 0 aromatic heterocycles. The number of nitrogens with zero attached hydrogens (tertiary/aromatic N) is 1. The maximum absolute atomic E-state index is 9.81. The van der Waals surface area contributed by atoms with Crippen molar-refractivity contribution in [1.82, 2.24) is 10.6 Å². The normalized spacial score (nSPS) is 19.5. The molecule has 4 heteroatoms. The second kappa shape index (κ2) is 5.37. The molecule has 22 heavy (non-hydrogen) atoms. The molecular formula is C18H19N3O. The predicted octanol–water partition coefficient (Wildman–Crippen LogP) is 2.13. The molecule has 112 valence electrons. The first-order valence-electron chi connectivity index (χ1n) is 7.76. The first-order valence-corrected chi connectivity index (χ1v) is 7.76. The summed E-state index contributed by atoms with van der Waals surface area (Å²) in [5.74, 6) is 1.19. The number of phenolic OH excluding ortho intramolecular Hbond substituents is 1. The molecule has 2 aliphatic rings. The smallest absolute Gasteiger partial charge is 0.192 e. The van der Waals surface area contributed by atoms with E-state index in [0.717, 1.165) is 31.9 Å². The zero-order valence-electron chi connectivity index (χ0n) is 12.3. The molecule has 0 bridgehead atoms. The summed E-state index contributed by atoms with van der Waals surface area (Å²) in [5, 5.41) is 16.6. The van der Waals surface area contributed by atoms with Crippen molar-refractivity contribution in [2.24, 2.45) is 4.99 Å². The third kappa shape index (κ3) is 2.30. The molecule has 1 heterocycles. The Bertz CT molecular complexity index is 739. The van der Waals surface area contributed by atoms with E-state index < -0.39 is 0 Å². The van der Waals surface area contributed by atoms with Crippen LogP contribution in [0.2, 0.25) is 0 Å². The Labute approximate surface area is 129 Å². The lowest BCUT2D eigenvalue weighted by molar-refractivity contribution is 0.474. The van der Waals surface area contributed by atoms with Crippen molar-refractivity contribution in [3.05, 3.63) is 64.7 Å². The molecule has 2 aromatic carbocycles. The molecule has 1 atom stereocenters. The van der Waals surface area contributed by atoms with Crippen LogP contribution in [0.3, 0.4) is 0 Å². The zero-order chi connectivity index (χ0) is 14.9. The van der Waals surface area contributed by atoms with Gasteiger partial charge in [0.05, 0.1) is 12.6 Å². The Morgan fingerprint density at radius 1 is 1.05 bits per heavy atom. The average molecular weight is 293 g/mol. The number of aromatic hydroxyl groups is 1. The van der Waals surface area contributed by atoms with E-state index in [1.54, 1.807) is 6.07 Å². The Hall–Kier alpha value is -2.49. The Morgan fingerprint density at radius 2 is 1.86 bits per heavy atom. The third-order valence-corrected chi connectivity index (χ3v) is 4.42. The van der Waals surface area contributed by atoms with Gasteiger partial charge in [-0.05, 0) is 47.2 Å². The van der Waals surface area contributed by atoms with Crippen LogP contribution < -0.4 is 10.6 Å². The summed E-state index contributed by atoms with van der Waals surface area (Å²) in [4.78, 5) is 4.47. The van der Waals surface area contributed by atoms with Crippen LogP contribution in [0, 0.1) is 0 Å². The number of benzene rings is 2. The summed E-state index contributed by atoms with van der Waals surface area (Å²) in [6.07, 6.45) is 1.93. The van der Waals surface area contributed by atoms with Crippen LogP contribution in [0.5, 0.6) is 5.75 Å². The summed E-state index contributed by atoms with van der Waals surface area (Å²) >= 11 is 0. The molecule has 0 radical (unpaired) electrons. The minimum absolute atomic E-state index is 0.0682. The monoisotopic (exact) mass is 293 g/mol. The van der Waals surface area contributed by atoms with E-state index in [2.05, 4.69) is 39.9 Å². The van der Waals surface area contributed by atoms with Gasteiger partial charge in [0.15, 0.2) is 5.96 Å². The fraction of sp³-hybridized carbons (Fsp3) is 0.278. The maximum atomic E-state index is 9.81. The van der Waals surface area contributed by atoms with Gasteiger partial charge < -0.3 is 15.7 Å². The Morgan fingerprint density at radius 3 is 2.73 bits per heavy atom. The Balaban J connectivity index is 1.82. The van der Waals surface area contributed by atoms with Crippen molar-refractivity contribution < 1.29 is 5.11 Å². The molecule has 1 unspecified atom stereocenters. The van der Waals surface area contributed by atoms with Crippen LogP contribution in [0.25, 0.3) is 0 Å². The van der Waals surface area contributed by atoms with Gasteiger partial charge in [-0.25, -0.2) is 0 Å². The van der Waals surface area contributed by atoms with Gasteiger partial charge >= 0.3 is 0 Å². The minimum atomic E-state index is 0.0682. The molecule has 0 amide bonds. The van der Waals surface area contributed by atoms with Crippen LogP contribution in [0.15, 0.2) is 47.5 Å². The summed E-state index contributed by atoms with van der Waals surface area (Å²) in [5.41, 5.74) is 5.07. The molecule has 4 nitrogen and oxygen atoms in total. The molecule has 1 aliphatic heterocycles. The topological polar surface area (TPSA) is 56.6 Å². The van der Waals surface area contributed by atoms with Gasteiger partial charge in [-0.3, -0.25) is 4.99 Å². The quantitative estimate of drug-likeness (QED) is 0.755. The van der Waals surface area contributed by atoms with E-state index in [0.29, 0.717) is 5.75 Å². The number of phenols is 1. The highest BCUT2D eigenvalue weighted by atomic mass is 16.3. The lowest BCUT2D eigenvalue weighted by Gasteiger charge is -2.23. The average Bonchev–Trinajstić information content (AvgIpc) is 2.99. The van der Waals surface area contributed by atoms with E-state index in [-0.39, 0.29) is 6.04 Å². The fourth-order valence-electron chi connectivity index (χ4n) is 3.36. The summed E-state index contributed by atoms with van der Waals surface area (Å²) in [6.45, 7) is 1.71. The number of rotatable bonds is 1. The third-order valence-electron chi connectivity index (χ3n) is 4.42. The number of nitrogens with one attached hydrogen (secondary N) is 2. The van der Waals surface area contributed by atoms with Crippen LogP contribution >= 0.6 is 0 Å². The summed E-state index contributed by atoms with van der Waals surface area (Å²) in [7, 11) is 0. The SMILES string of the molecule is Oc1ccc2c(c1)CCc1ccccc1C2NC1=NCCN1. The first kappa shape index (κ1) is 13.2. The Kier molecular flexibility index (Phi) is 3.22. The van der Waals surface area contributed by atoms with Crippen molar-refractivity contribution in [2.75, 3.05) is 13.1 Å². The van der Waals surface area contributed by atoms with Crippen LogP contribution in [-0.4, -0.2) is 24.2 Å². The van der Waals surface area contributed by atoms with Crippen molar-refractivity contribution in [3.63, 3.8) is 0 Å². The van der Waals surface area contributed by atoms with Crippen LogP contribution in [0.4, 0.5) is 0 Å². The summed E-state index contributed by atoms with van der Waals surface area (Å²) in [6, 6.07) is 14.3. The maximum Gasteiger partial charge on any atom is 0.192 e. The number of hydrogen-bond acceptors (Lipinski definition) is 4. The highest BCUT2D eigenvalue weighted by Gasteiger charge is 2.25. The van der Waals surface area contributed by atoms with Crippen molar-refractivity contribution in [1.29, 1.82) is 0 Å². The van der Waals surface area contributed by atoms with Gasteiger partial charge in [-0.15, -0.1) is 0 Å². The standard InChI is InChI=1S/C18H19N3O/c22-14-7-8-16-13(11-14)6-5-12-3-1-2-4-15(12)17(16)21-18-19-9-10-20-18/h1-4,7-8,11,17,22H,5-6,9-10H2,(H2,19,20,21). The molecule has 1 aliphatic carbocycles. The molecule has 3 N–H and O–H groups in total. The van der Waals surface area contributed by atoms with Crippen LogP contribution in [0.1, 0.15) is 28.3 Å². The van der Waals surface area contributed by atoms with Crippen LogP contribution in [-0.2, 0) is 12.8 Å². The molecule has 0 spiro atoms. The second-order valence-corrected chi connectivity index (χ2v) is 5.82. The number of aliphatic imine (C=N–C) groups is 1. The molecule has 4 rings (SSSR count). The summed E-state index contributed by atoms with van der Waals surface area (Å²) < 4.78 is 0. The number of hydrogen-bond donors (Lipinski definition) is 3. The van der Waals surface area contributed by atoms with E-state index in [4.69, 9.17) is 0 Å². The molecule has 0 fully saturated rings. The molecule has 0 saturated heterocycles. The van der Waals surface area contributed by atoms with Gasteiger partial charge in [0.25, 0.3) is 0 Å². The lowest BCUT2D eigenvalue weighted by Crippen LogP contribution is -2.37. The van der Waals surface area contributed by atoms with E-state index in [1.165, 1.54) is 22.3 Å². The van der Waals surface area contributed by atoms with Gasteiger partial charge in [-0.2, -0.15) is 0 Å². The number of guanidine groups is 1. The predicted molar refractivity (Wildman–Crippen MR) is 87.2 cm³/mol. The van der Waals surface area contributed by atoms with Crippen molar-refractivity contribution in [2.45, 2.75) is 18.9 Å². The molecule has 2 aromatic rings. The van der Waals surface area contributed by atoms with Gasteiger partial charge in [0.1, 0.15) is 5.75 Å². The van der Waals surface area contributed by atoms with E-state index >= 15 is 0 Å². The number of fused-ring (bicyclic) bond motifs is 2. The fourth-order valence-corrected chi connectivity index (χ4v) is 3.36. The van der Waals surface area contributed by atoms with Gasteiger partial charge in [-0.1, -0.05) is 30.3 Å². The van der Waals surface area contributed by atoms with E-state index in [1.807, 2.05) is 12.1 Å². The van der Waals surface area contributed by atoms with E-state index in [9.17, 15) is 5.11 Å². The van der Waals surface area contributed by atoms with Crippen molar-refractivity contribution >= 4 is 5.96 Å². The highest BCUT2D eigenvalue weighted by Crippen LogP contribution is 2.34. The largest absolute Gasteiger partial charge is 0.508 e. The number of aryl methyl sites for hydroxylation is 2. The highest BCUT2D eigenvalue weighted by molar-refractivity contribution is 5.82.